The number of aromatic nitrogens is 2. The summed E-state index contributed by atoms with van der Waals surface area (Å²) in [5.74, 6) is -3.59. The smallest absolute Gasteiger partial charge is 0.337 e. The second-order valence-corrected chi connectivity index (χ2v) is 15.8. The van der Waals surface area contributed by atoms with Gasteiger partial charge in [0.05, 0.1) is 43.3 Å². The number of methoxy groups -OCH3 is 2. The number of hydrogen-bond donors (Lipinski definition) is 1. The van der Waals surface area contributed by atoms with Crippen molar-refractivity contribution < 1.29 is 53.5 Å². The van der Waals surface area contributed by atoms with E-state index in [-0.39, 0.29) is 37.9 Å². The molecule has 0 aliphatic rings. The third-order valence-electron chi connectivity index (χ3n) is 7.75. The van der Waals surface area contributed by atoms with Gasteiger partial charge in [-0.25, -0.2) is 44.0 Å². The van der Waals surface area contributed by atoms with E-state index in [1.54, 1.807) is 6.07 Å². The Labute approximate surface area is 345 Å². The summed E-state index contributed by atoms with van der Waals surface area (Å²) < 4.78 is 116. The molecule has 19 heteroatoms. The van der Waals surface area contributed by atoms with E-state index in [1.807, 2.05) is 0 Å². The number of carbonyl (C=O) groups excluding carboxylic acids is 2. The first kappa shape index (κ1) is 45.5. The summed E-state index contributed by atoms with van der Waals surface area (Å²) in [4.78, 5) is 29.9. The number of ether oxygens (including phenoxy) is 2. The highest BCUT2D eigenvalue weighted by molar-refractivity contribution is 9.08. The van der Waals surface area contributed by atoms with E-state index in [9.17, 15) is 44.0 Å². The minimum absolute atomic E-state index is 0.00520. The topological polar surface area (TPSA) is 162 Å². The molecule has 12 nitrogen and oxygen atoms in total. The fraction of sp³-hybridized carbons (Fsp3) is 0.100. The zero-order chi connectivity index (χ0) is 43.2. The summed E-state index contributed by atoms with van der Waals surface area (Å²) in [5.41, 5.74) is 0.923. The second kappa shape index (κ2) is 21.0. The molecule has 2 aromatic heterocycles. The lowest BCUT2D eigenvalue weighted by atomic mass is 10.1. The Bertz CT molecular complexity index is 2610. The molecular weight excluding hydrogens is 884 g/mol. The molecule has 2 heterocycles. The predicted molar refractivity (Wildman–Crippen MR) is 214 cm³/mol. The van der Waals surface area contributed by atoms with Gasteiger partial charge in [0, 0.05) is 35.7 Å². The van der Waals surface area contributed by atoms with Gasteiger partial charge in [-0.15, -0.1) is 0 Å². The highest BCUT2D eigenvalue weighted by atomic mass is 79.9. The molecule has 308 valence electrons. The molecule has 4 aromatic carbocycles. The van der Waals surface area contributed by atoms with Gasteiger partial charge in [-0.2, -0.15) is 0 Å². The van der Waals surface area contributed by atoms with Crippen LogP contribution < -0.4 is 9.03 Å². The van der Waals surface area contributed by atoms with Gasteiger partial charge in [-0.1, -0.05) is 40.2 Å². The fourth-order valence-corrected chi connectivity index (χ4v) is 7.69. The Morgan fingerprint density at radius 2 is 1.19 bits per heavy atom. The predicted octanol–water partition coefficient (Wildman–Crippen LogP) is 8.07. The Kier molecular flexibility index (Phi) is 16.2. The van der Waals surface area contributed by atoms with Crippen molar-refractivity contribution in [1.82, 2.24) is 9.97 Å². The molecule has 0 radical (unpaired) electrons. The van der Waals surface area contributed by atoms with Crippen LogP contribution in [0.5, 0.6) is 0 Å². The summed E-state index contributed by atoms with van der Waals surface area (Å²) in [6.07, 6.45) is 5.26. The maximum atomic E-state index is 14.6. The van der Waals surface area contributed by atoms with Crippen molar-refractivity contribution in [2.45, 2.75) is 21.7 Å². The molecule has 0 aliphatic carbocycles. The van der Waals surface area contributed by atoms with E-state index in [0.717, 1.165) is 28.7 Å². The molecule has 0 saturated heterocycles. The monoisotopic (exact) mass is 916 g/mol. The molecule has 6 rings (SSSR count). The van der Waals surface area contributed by atoms with Crippen molar-refractivity contribution >= 4 is 59.3 Å². The number of rotatable bonds is 11. The molecule has 59 heavy (non-hydrogen) atoms. The van der Waals surface area contributed by atoms with Crippen LogP contribution in [0.3, 0.4) is 0 Å². The summed E-state index contributed by atoms with van der Waals surface area (Å²) >= 11 is 3.13. The lowest BCUT2D eigenvalue weighted by Crippen LogP contribution is -2.31. The number of hydrogen-bond acceptors (Lipinski definition) is 10. The molecule has 0 spiro atoms. The van der Waals surface area contributed by atoms with E-state index in [0.29, 0.717) is 10.9 Å². The second-order valence-electron chi connectivity index (χ2n) is 11.7. The average Bonchev–Trinajstić information content (AvgIpc) is 3.23. The number of pyridine rings is 2. The van der Waals surface area contributed by atoms with Gasteiger partial charge in [-0.3, -0.25) is 19.0 Å². The molecule has 0 aliphatic heterocycles. The molecule has 0 bridgehead atoms. The zero-order valence-electron chi connectivity index (χ0n) is 30.9. The Morgan fingerprint density at radius 1 is 0.661 bits per heavy atom. The van der Waals surface area contributed by atoms with Crippen molar-refractivity contribution in [1.29, 1.82) is 0 Å². The summed E-state index contributed by atoms with van der Waals surface area (Å²) in [6.45, 7) is -0.423. The van der Waals surface area contributed by atoms with Gasteiger partial charge in [0.25, 0.3) is 20.0 Å². The Morgan fingerprint density at radius 3 is 1.66 bits per heavy atom. The number of nitrogens with one attached hydrogen (secondary N) is 1. The van der Waals surface area contributed by atoms with Crippen LogP contribution in [0.2, 0.25) is 0 Å². The minimum Gasteiger partial charge on any atom is -0.465 e. The van der Waals surface area contributed by atoms with Gasteiger partial charge in [0.1, 0.15) is 33.1 Å². The molecule has 6 aromatic rings. The third kappa shape index (κ3) is 12.7. The van der Waals surface area contributed by atoms with Crippen LogP contribution >= 0.6 is 15.9 Å². The van der Waals surface area contributed by atoms with Gasteiger partial charge >= 0.3 is 11.9 Å². The van der Waals surface area contributed by atoms with E-state index in [4.69, 9.17) is 0 Å². The molecule has 0 saturated carbocycles. The zero-order valence-corrected chi connectivity index (χ0v) is 34.1. The van der Waals surface area contributed by atoms with Crippen molar-refractivity contribution in [3.8, 4) is 0 Å². The lowest BCUT2D eigenvalue weighted by molar-refractivity contribution is 0.0591. The van der Waals surface area contributed by atoms with Crippen LogP contribution in [-0.2, 0) is 41.4 Å². The highest BCUT2D eigenvalue weighted by Crippen LogP contribution is 2.27. The van der Waals surface area contributed by atoms with Gasteiger partial charge in [0.2, 0.25) is 0 Å². The number of anilines is 2. The van der Waals surface area contributed by atoms with E-state index in [1.165, 1.54) is 118 Å². The SMILES string of the molecule is COC(=O)c1ccc(CBr)c(F)c1.COC(=O)c1ccc(CN(c2cccc(F)c2)S(=O)(=O)c2cccnc2)c(F)c1.O=S(=O)(Nc1cccc(F)c1)c1cccnc1. The van der Waals surface area contributed by atoms with Crippen LogP contribution in [0.1, 0.15) is 31.8 Å². The average molecular weight is 918 g/mol. The summed E-state index contributed by atoms with van der Waals surface area (Å²) in [5, 5.41) is 0.431. The molecule has 0 unspecified atom stereocenters. The summed E-state index contributed by atoms with van der Waals surface area (Å²) in [7, 11) is -5.45. The Balaban J connectivity index is 0.000000216. The largest absolute Gasteiger partial charge is 0.465 e. The maximum Gasteiger partial charge on any atom is 0.337 e. The van der Waals surface area contributed by atoms with Crippen molar-refractivity contribution in [2.24, 2.45) is 0 Å². The maximum absolute atomic E-state index is 14.6. The van der Waals surface area contributed by atoms with E-state index in [2.05, 4.69) is 40.1 Å². The number of alkyl halides is 1. The minimum atomic E-state index is -4.17. The molecular formula is C40H33BrF4N4O8S2. The molecule has 0 atom stereocenters. The number of sulfonamides is 2. The van der Waals surface area contributed by atoms with Crippen LogP contribution in [0, 0.1) is 23.3 Å². The van der Waals surface area contributed by atoms with Crippen LogP contribution in [0.4, 0.5) is 28.9 Å². The fourth-order valence-electron chi connectivity index (χ4n) is 4.82. The standard InChI is InChI=1S/C20H16F2N2O4S.C11H9FN2O2S.C9H8BrFO2/c1-28-20(25)14-7-8-15(19(22)10-14)13-24(17-5-2-4-16(21)11-17)29(26,27)18-6-3-9-23-12-18;12-9-3-1-4-10(7-9)14-17(15,16)11-5-2-6-13-8-11;1-13-9(12)6-2-3-7(5-10)8(11)4-6/h2-12H,13H2,1H3;1-8,14H;2-4H,5H2,1H3. The summed E-state index contributed by atoms with van der Waals surface area (Å²) in [6, 6.07) is 23.7. The van der Waals surface area contributed by atoms with Crippen LogP contribution in [0.25, 0.3) is 0 Å². The number of halogens is 5. The lowest BCUT2D eigenvalue weighted by Gasteiger charge is -2.25. The Hall–Kier alpha value is -6.18. The number of nitrogens with zero attached hydrogens (tertiary/aromatic N) is 3. The van der Waals surface area contributed by atoms with Gasteiger partial charge in [-0.05, 0) is 90.5 Å². The van der Waals surface area contributed by atoms with E-state index >= 15 is 0 Å². The van der Waals surface area contributed by atoms with Crippen molar-refractivity contribution in [3.05, 3.63) is 180 Å². The highest BCUT2D eigenvalue weighted by Gasteiger charge is 2.27. The van der Waals surface area contributed by atoms with Gasteiger partial charge < -0.3 is 9.47 Å². The van der Waals surface area contributed by atoms with Crippen LogP contribution in [0.15, 0.2) is 144 Å². The first-order chi connectivity index (χ1) is 28.1. The first-order valence-corrected chi connectivity index (χ1v) is 20.8. The quantitative estimate of drug-likeness (QED) is 0.0765. The third-order valence-corrected chi connectivity index (χ3v) is 11.5. The molecule has 0 fully saturated rings. The first-order valence-electron chi connectivity index (χ1n) is 16.8. The number of carbonyl (C=O) groups is 2. The number of benzene rings is 4. The number of esters is 2. The van der Waals surface area contributed by atoms with Gasteiger partial charge in [0.15, 0.2) is 0 Å². The molecule has 1 N–H and O–H groups in total. The van der Waals surface area contributed by atoms with Crippen molar-refractivity contribution in [2.75, 3.05) is 23.2 Å². The van der Waals surface area contributed by atoms with E-state index < -0.39 is 61.8 Å². The van der Waals surface area contributed by atoms with Crippen LogP contribution in [-0.4, -0.2) is 53.0 Å². The van der Waals surface area contributed by atoms with Crippen molar-refractivity contribution in [3.63, 3.8) is 0 Å². The normalized spacial score (nSPS) is 10.8. The molecule has 0 amide bonds.